The van der Waals surface area contributed by atoms with Gasteiger partial charge in [0.25, 0.3) is 0 Å². The fourth-order valence-electron chi connectivity index (χ4n) is 3.70. The summed E-state index contributed by atoms with van der Waals surface area (Å²) in [4.78, 5) is 25.1. The van der Waals surface area contributed by atoms with Crippen LogP contribution in [0.3, 0.4) is 0 Å². The minimum Gasteiger partial charge on any atom is -0.368 e. The Bertz CT molecular complexity index is 647. The largest absolute Gasteiger partial charge is 0.368 e. The van der Waals surface area contributed by atoms with E-state index in [9.17, 15) is 9.59 Å². The summed E-state index contributed by atoms with van der Waals surface area (Å²) in [5.74, 6) is 0.442. The SMILES string of the molecule is CC1(C)CCC(NC(=O)C2SCCc3ccccc32)(C(N)=O)CC1. The molecular formula is C19H26N2O2S. The molecule has 1 heterocycles. The molecule has 0 bridgehead atoms. The van der Waals surface area contributed by atoms with Crippen molar-refractivity contribution in [2.45, 2.75) is 56.7 Å². The lowest BCUT2D eigenvalue weighted by Gasteiger charge is -2.42. The second-order valence-corrected chi connectivity index (χ2v) is 9.01. The molecule has 1 fully saturated rings. The maximum Gasteiger partial charge on any atom is 0.243 e. The molecule has 1 aliphatic carbocycles. The quantitative estimate of drug-likeness (QED) is 0.884. The Kier molecular flexibility index (Phi) is 4.65. The minimum absolute atomic E-state index is 0.0781. The normalized spacial score (nSPS) is 24.7. The number of carbonyl (C=O) groups is 2. The molecule has 1 unspecified atom stereocenters. The van der Waals surface area contributed by atoms with E-state index in [0.717, 1.165) is 30.6 Å². The number of aryl methyl sites for hydroxylation is 1. The molecule has 1 atom stereocenters. The fourth-order valence-corrected chi connectivity index (χ4v) is 4.89. The summed E-state index contributed by atoms with van der Waals surface area (Å²) in [6.45, 7) is 4.40. The van der Waals surface area contributed by atoms with E-state index < -0.39 is 11.4 Å². The first-order valence-electron chi connectivity index (χ1n) is 8.64. The van der Waals surface area contributed by atoms with E-state index in [0.29, 0.717) is 12.8 Å². The maximum atomic E-state index is 13.0. The van der Waals surface area contributed by atoms with Crippen LogP contribution in [0, 0.1) is 5.41 Å². The number of nitrogens with one attached hydrogen (secondary N) is 1. The number of amides is 2. The Morgan fingerprint density at radius 1 is 1.17 bits per heavy atom. The number of hydrogen-bond acceptors (Lipinski definition) is 3. The van der Waals surface area contributed by atoms with E-state index in [1.807, 2.05) is 18.2 Å². The zero-order valence-electron chi connectivity index (χ0n) is 14.4. The van der Waals surface area contributed by atoms with Crippen LogP contribution < -0.4 is 11.1 Å². The van der Waals surface area contributed by atoms with Gasteiger partial charge in [0.05, 0.1) is 0 Å². The third-order valence-corrected chi connectivity index (χ3v) is 6.76. The van der Waals surface area contributed by atoms with Crippen molar-refractivity contribution in [3.8, 4) is 0 Å². The number of nitrogens with two attached hydrogens (primary N) is 1. The lowest BCUT2D eigenvalue weighted by Crippen LogP contribution is -2.60. The van der Waals surface area contributed by atoms with Crippen LogP contribution in [0.15, 0.2) is 24.3 Å². The van der Waals surface area contributed by atoms with Crippen LogP contribution in [0.25, 0.3) is 0 Å². The van der Waals surface area contributed by atoms with Gasteiger partial charge in [0.1, 0.15) is 10.8 Å². The summed E-state index contributed by atoms with van der Waals surface area (Å²) in [5, 5.41) is 2.80. The molecule has 1 aromatic rings. The van der Waals surface area contributed by atoms with Crippen molar-refractivity contribution in [1.82, 2.24) is 5.32 Å². The number of fused-ring (bicyclic) bond motifs is 1. The van der Waals surface area contributed by atoms with Crippen LogP contribution in [0.5, 0.6) is 0 Å². The Labute approximate surface area is 147 Å². The number of benzene rings is 1. The maximum absolute atomic E-state index is 13.0. The van der Waals surface area contributed by atoms with Gasteiger partial charge in [-0.25, -0.2) is 0 Å². The molecule has 5 heteroatoms. The van der Waals surface area contributed by atoms with E-state index in [2.05, 4.69) is 25.2 Å². The van der Waals surface area contributed by atoms with Crippen molar-refractivity contribution in [2.24, 2.45) is 11.1 Å². The molecule has 0 aromatic heterocycles. The van der Waals surface area contributed by atoms with Crippen molar-refractivity contribution in [2.75, 3.05) is 5.75 Å². The van der Waals surface area contributed by atoms with Gasteiger partial charge < -0.3 is 11.1 Å². The Morgan fingerprint density at radius 3 is 2.50 bits per heavy atom. The molecule has 0 spiro atoms. The van der Waals surface area contributed by atoms with Crippen LogP contribution >= 0.6 is 11.8 Å². The van der Waals surface area contributed by atoms with Crippen LogP contribution in [-0.2, 0) is 16.0 Å². The van der Waals surface area contributed by atoms with Gasteiger partial charge in [0, 0.05) is 0 Å². The van der Waals surface area contributed by atoms with Gasteiger partial charge in [0.15, 0.2) is 0 Å². The van der Waals surface area contributed by atoms with Crippen molar-refractivity contribution in [3.05, 3.63) is 35.4 Å². The summed E-state index contributed by atoms with van der Waals surface area (Å²) >= 11 is 1.65. The molecule has 4 nitrogen and oxygen atoms in total. The van der Waals surface area contributed by atoms with Crippen LogP contribution in [0.4, 0.5) is 0 Å². The standard InChI is InChI=1S/C19H26N2O2S/c1-18(2)8-10-19(11-9-18,17(20)23)21-16(22)15-14-6-4-3-5-13(14)7-12-24-15/h3-6,15H,7-12H2,1-2H3,(H2,20,23)(H,21,22). The zero-order chi connectivity index (χ0) is 17.4. The number of rotatable bonds is 3. The van der Waals surface area contributed by atoms with Crippen molar-refractivity contribution in [3.63, 3.8) is 0 Å². The van der Waals surface area contributed by atoms with E-state index in [4.69, 9.17) is 5.73 Å². The minimum atomic E-state index is -0.889. The summed E-state index contributed by atoms with van der Waals surface area (Å²) in [6, 6.07) is 8.09. The van der Waals surface area contributed by atoms with Gasteiger partial charge in [-0.3, -0.25) is 9.59 Å². The van der Waals surface area contributed by atoms with E-state index in [1.165, 1.54) is 5.56 Å². The second kappa shape index (κ2) is 6.43. The highest BCUT2D eigenvalue weighted by Gasteiger charge is 2.45. The smallest absolute Gasteiger partial charge is 0.243 e. The van der Waals surface area contributed by atoms with Crippen molar-refractivity contribution < 1.29 is 9.59 Å². The molecule has 3 rings (SSSR count). The van der Waals surface area contributed by atoms with Gasteiger partial charge in [-0.15, -0.1) is 11.8 Å². The second-order valence-electron chi connectivity index (χ2n) is 7.80. The molecule has 1 aromatic carbocycles. The molecule has 2 aliphatic rings. The molecule has 2 amide bonds. The van der Waals surface area contributed by atoms with Gasteiger partial charge in [0.2, 0.25) is 11.8 Å². The summed E-state index contributed by atoms with van der Waals surface area (Å²) < 4.78 is 0. The third kappa shape index (κ3) is 3.32. The Hall–Kier alpha value is -1.49. The van der Waals surface area contributed by atoms with Crippen LogP contribution in [-0.4, -0.2) is 23.1 Å². The summed E-state index contributed by atoms with van der Waals surface area (Å²) in [6.07, 6.45) is 4.02. The predicted octanol–water partition coefficient (Wildman–Crippen LogP) is 2.96. The fraction of sp³-hybridized carbons (Fsp3) is 0.579. The Morgan fingerprint density at radius 2 is 1.83 bits per heavy atom. The lowest BCUT2D eigenvalue weighted by atomic mass is 9.69. The van der Waals surface area contributed by atoms with Gasteiger partial charge in [-0.1, -0.05) is 38.1 Å². The number of carbonyl (C=O) groups excluding carboxylic acids is 2. The number of thioether (sulfide) groups is 1. The molecule has 1 saturated carbocycles. The molecule has 1 aliphatic heterocycles. The topological polar surface area (TPSA) is 72.2 Å². The van der Waals surface area contributed by atoms with Crippen LogP contribution in [0.2, 0.25) is 0 Å². The first kappa shape index (κ1) is 17.3. The molecule has 0 saturated heterocycles. The zero-order valence-corrected chi connectivity index (χ0v) is 15.2. The van der Waals surface area contributed by atoms with Gasteiger partial charge in [-0.05, 0) is 54.4 Å². The van der Waals surface area contributed by atoms with E-state index in [-0.39, 0.29) is 16.6 Å². The highest BCUT2D eigenvalue weighted by molar-refractivity contribution is 8.00. The highest BCUT2D eigenvalue weighted by atomic mass is 32.2. The molecule has 24 heavy (non-hydrogen) atoms. The summed E-state index contributed by atoms with van der Waals surface area (Å²) in [7, 11) is 0. The highest BCUT2D eigenvalue weighted by Crippen LogP contribution is 2.42. The average Bonchev–Trinajstić information content (AvgIpc) is 2.56. The number of primary amides is 1. The number of hydrogen-bond donors (Lipinski definition) is 2. The third-order valence-electron chi connectivity index (χ3n) is 5.52. The molecular weight excluding hydrogens is 320 g/mol. The predicted molar refractivity (Wildman–Crippen MR) is 97.7 cm³/mol. The van der Waals surface area contributed by atoms with Crippen molar-refractivity contribution in [1.29, 1.82) is 0 Å². The first-order valence-corrected chi connectivity index (χ1v) is 9.69. The molecule has 130 valence electrons. The van der Waals surface area contributed by atoms with Crippen LogP contribution in [0.1, 0.15) is 55.9 Å². The lowest BCUT2D eigenvalue weighted by molar-refractivity contribution is -0.133. The Balaban J connectivity index is 1.80. The van der Waals surface area contributed by atoms with E-state index in [1.54, 1.807) is 11.8 Å². The van der Waals surface area contributed by atoms with Gasteiger partial charge >= 0.3 is 0 Å². The van der Waals surface area contributed by atoms with Crippen molar-refractivity contribution >= 4 is 23.6 Å². The summed E-state index contributed by atoms with van der Waals surface area (Å²) in [5.41, 5.74) is 7.32. The van der Waals surface area contributed by atoms with E-state index >= 15 is 0 Å². The van der Waals surface area contributed by atoms with Gasteiger partial charge in [-0.2, -0.15) is 0 Å². The molecule has 3 N–H and O–H groups in total. The monoisotopic (exact) mass is 346 g/mol. The molecule has 0 radical (unpaired) electrons. The average molecular weight is 346 g/mol. The first-order chi connectivity index (χ1) is 11.3.